The molecule has 23 heavy (non-hydrogen) atoms. The molecule has 3 heterocycles. The Kier molecular flexibility index (Phi) is 3.20. The van der Waals surface area contributed by atoms with Crippen molar-refractivity contribution in [3.05, 3.63) is 29.6 Å². The van der Waals surface area contributed by atoms with Gasteiger partial charge in [0.05, 0.1) is 18.8 Å². The molecule has 1 aromatic rings. The molecule has 0 radical (unpaired) electrons. The smallest absolute Gasteiger partial charge is 0.315 e. The predicted octanol–water partition coefficient (Wildman–Crippen LogP) is 0.603. The van der Waals surface area contributed by atoms with E-state index in [9.17, 15) is 14.0 Å². The Hall–Kier alpha value is -1.95. The molecule has 1 unspecified atom stereocenters. The minimum atomic E-state index is -0.851. The molecule has 0 aliphatic carbocycles. The highest BCUT2D eigenvalue weighted by atomic mass is 19.1. The summed E-state index contributed by atoms with van der Waals surface area (Å²) in [5, 5.41) is 2.88. The molecule has 1 spiro atoms. The summed E-state index contributed by atoms with van der Waals surface area (Å²) in [6, 6.07) is 4.49. The second-order valence-electron chi connectivity index (χ2n) is 6.64. The van der Waals surface area contributed by atoms with Gasteiger partial charge in [-0.3, -0.25) is 9.59 Å². The van der Waals surface area contributed by atoms with Gasteiger partial charge in [0.25, 0.3) is 5.91 Å². The van der Waals surface area contributed by atoms with Crippen LogP contribution in [0.4, 0.5) is 10.1 Å². The van der Waals surface area contributed by atoms with Gasteiger partial charge in [0.2, 0.25) is 5.54 Å². The third-order valence-electron chi connectivity index (χ3n) is 5.64. The molecule has 0 bridgehead atoms. The van der Waals surface area contributed by atoms with Gasteiger partial charge in [-0.15, -0.1) is 0 Å². The summed E-state index contributed by atoms with van der Waals surface area (Å²) >= 11 is 0. The Morgan fingerprint density at radius 2 is 2.35 bits per heavy atom. The number of quaternary nitrogens is 1. The average Bonchev–Trinajstić information content (AvgIpc) is 3.16. The van der Waals surface area contributed by atoms with Gasteiger partial charge in [-0.1, -0.05) is 0 Å². The molecule has 5 nitrogen and oxygen atoms in total. The highest BCUT2D eigenvalue weighted by Crippen LogP contribution is 2.44. The van der Waals surface area contributed by atoms with Crippen molar-refractivity contribution in [1.29, 1.82) is 0 Å². The van der Waals surface area contributed by atoms with E-state index in [1.807, 2.05) is 0 Å². The lowest BCUT2D eigenvalue weighted by molar-refractivity contribution is -0.947. The number of amides is 1. The number of rotatable bonds is 2. The number of esters is 1. The van der Waals surface area contributed by atoms with E-state index in [4.69, 9.17) is 4.74 Å². The third-order valence-corrected chi connectivity index (χ3v) is 5.64. The van der Waals surface area contributed by atoms with E-state index in [0.29, 0.717) is 24.3 Å². The molecule has 3 aliphatic heterocycles. The second-order valence-corrected chi connectivity index (χ2v) is 6.64. The van der Waals surface area contributed by atoms with Crippen molar-refractivity contribution in [2.45, 2.75) is 37.8 Å². The van der Waals surface area contributed by atoms with Crippen molar-refractivity contribution in [2.75, 3.05) is 18.5 Å². The van der Waals surface area contributed by atoms with Crippen LogP contribution in [-0.4, -0.2) is 31.1 Å². The molecule has 4 atom stereocenters. The summed E-state index contributed by atoms with van der Waals surface area (Å²) in [7, 11) is 0. The lowest BCUT2D eigenvalue weighted by Gasteiger charge is -2.29. The van der Waals surface area contributed by atoms with Crippen LogP contribution in [0.1, 0.15) is 31.7 Å². The van der Waals surface area contributed by atoms with Gasteiger partial charge in [-0.2, -0.15) is 0 Å². The lowest BCUT2D eigenvalue weighted by Crippen LogP contribution is -3.19. The van der Waals surface area contributed by atoms with Gasteiger partial charge in [0.15, 0.2) is 0 Å². The Labute approximate surface area is 133 Å². The van der Waals surface area contributed by atoms with Crippen molar-refractivity contribution in [1.82, 2.24) is 0 Å². The maximum Gasteiger partial charge on any atom is 0.315 e. The first-order chi connectivity index (χ1) is 11.1. The number of carbonyl (C=O) groups is 2. The highest BCUT2D eigenvalue weighted by Gasteiger charge is 2.67. The van der Waals surface area contributed by atoms with Crippen LogP contribution in [0.5, 0.6) is 0 Å². The Balaban J connectivity index is 1.81. The van der Waals surface area contributed by atoms with E-state index >= 15 is 0 Å². The molecule has 0 saturated carbocycles. The van der Waals surface area contributed by atoms with Crippen molar-refractivity contribution in [3.8, 4) is 0 Å². The number of carbonyl (C=O) groups excluding carboxylic acids is 2. The number of benzene rings is 1. The second kappa shape index (κ2) is 5.03. The molecule has 1 amide bonds. The quantitative estimate of drug-likeness (QED) is 0.785. The molecular formula is C17H20FN2O3+. The van der Waals surface area contributed by atoms with Crippen LogP contribution in [0.2, 0.25) is 0 Å². The Bertz CT molecular complexity index is 692. The lowest BCUT2D eigenvalue weighted by atomic mass is 9.84. The molecule has 3 aliphatic rings. The number of halogens is 1. The molecule has 0 aromatic heterocycles. The monoisotopic (exact) mass is 319 g/mol. The topological polar surface area (TPSA) is 59.8 Å². The van der Waals surface area contributed by atoms with Crippen LogP contribution in [0.25, 0.3) is 0 Å². The Morgan fingerprint density at radius 1 is 1.52 bits per heavy atom. The van der Waals surface area contributed by atoms with Crippen LogP contribution in [-0.2, 0) is 19.9 Å². The first-order valence-electron chi connectivity index (χ1n) is 8.22. The fraction of sp³-hybridized carbons (Fsp3) is 0.529. The zero-order valence-corrected chi connectivity index (χ0v) is 13.0. The van der Waals surface area contributed by atoms with E-state index in [-0.39, 0.29) is 29.7 Å². The van der Waals surface area contributed by atoms with Gasteiger partial charge in [0.1, 0.15) is 17.8 Å². The highest BCUT2D eigenvalue weighted by molar-refractivity contribution is 6.05. The number of hydrogen-bond donors (Lipinski definition) is 2. The molecule has 2 saturated heterocycles. The van der Waals surface area contributed by atoms with Crippen LogP contribution in [0.15, 0.2) is 18.2 Å². The molecule has 6 heteroatoms. The molecular weight excluding hydrogens is 299 g/mol. The number of fused-ring (bicyclic) bond motifs is 4. The number of ether oxygens (including phenoxy) is 1. The number of anilines is 1. The largest absolute Gasteiger partial charge is 0.466 e. The van der Waals surface area contributed by atoms with E-state index in [2.05, 4.69) is 5.32 Å². The molecule has 2 N–H and O–H groups in total. The summed E-state index contributed by atoms with van der Waals surface area (Å²) in [6.45, 7) is 2.95. The van der Waals surface area contributed by atoms with Crippen molar-refractivity contribution in [2.24, 2.45) is 5.92 Å². The number of nitrogens with one attached hydrogen (secondary N) is 2. The maximum atomic E-state index is 13.8. The Morgan fingerprint density at radius 3 is 3.13 bits per heavy atom. The van der Waals surface area contributed by atoms with E-state index in [1.165, 1.54) is 12.1 Å². The number of hydrogen-bond acceptors (Lipinski definition) is 3. The summed E-state index contributed by atoms with van der Waals surface area (Å²) < 4.78 is 19.0. The molecule has 4 rings (SSSR count). The summed E-state index contributed by atoms with van der Waals surface area (Å²) in [6.07, 6.45) is 2.27. The van der Waals surface area contributed by atoms with Crippen LogP contribution < -0.4 is 10.2 Å². The zero-order valence-electron chi connectivity index (χ0n) is 13.0. The zero-order chi connectivity index (χ0) is 16.2. The SMILES string of the molecule is CCOC(=O)[C@@H]1C[C@]2(C(=O)Nc3ccc(F)cc32)[NH+]2CCC[C@H]12. The minimum Gasteiger partial charge on any atom is -0.466 e. The van der Waals surface area contributed by atoms with E-state index < -0.39 is 5.54 Å². The first-order valence-corrected chi connectivity index (χ1v) is 8.22. The van der Waals surface area contributed by atoms with Crippen LogP contribution in [0.3, 0.4) is 0 Å². The average molecular weight is 319 g/mol. The summed E-state index contributed by atoms with van der Waals surface area (Å²) in [5.74, 6) is -1.000. The van der Waals surface area contributed by atoms with Crippen LogP contribution >= 0.6 is 0 Å². The fourth-order valence-electron chi connectivity index (χ4n) is 4.80. The van der Waals surface area contributed by atoms with Crippen LogP contribution in [0, 0.1) is 11.7 Å². The van der Waals surface area contributed by atoms with Crippen molar-refractivity contribution >= 4 is 17.6 Å². The van der Waals surface area contributed by atoms with E-state index in [1.54, 1.807) is 13.0 Å². The molecule has 122 valence electrons. The minimum absolute atomic E-state index is 0.0778. The predicted molar refractivity (Wildman–Crippen MR) is 80.3 cm³/mol. The fourth-order valence-corrected chi connectivity index (χ4v) is 4.80. The maximum absolute atomic E-state index is 13.8. The van der Waals surface area contributed by atoms with Gasteiger partial charge in [-0.05, 0) is 25.1 Å². The molecule has 1 aromatic carbocycles. The summed E-state index contributed by atoms with van der Waals surface area (Å²) in [5.41, 5.74) is 0.506. The first kappa shape index (κ1) is 14.6. The van der Waals surface area contributed by atoms with Crippen molar-refractivity contribution in [3.63, 3.8) is 0 Å². The standard InChI is InChI=1S/C17H19FN2O3/c1-2-23-15(21)11-9-17(20-7-3-4-14(11)20)12-8-10(18)5-6-13(12)19-16(17)22/h5-6,8,11,14H,2-4,7,9H2,1H3,(H,19,22)/p+1/t11-,14-,17+/m1/s1. The van der Waals surface area contributed by atoms with Gasteiger partial charge < -0.3 is 15.0 Å². The van der Waals surface area contributed by atoms with E-state index in [0.717, 1.165) is 24.3 Å². The van der Waals surface area contributed by atoms with Gasteiger partial charge >= 0.3 is 5.97 Å². The summed E-state index contributed by atoms with van der Waals surface area (Å²) in [4.78, 5) is 26.3. The van der Waals surface area contributed by atoms with Crippen molar-refractivity contribution < 1.29 is 23.6 Å². The molecule has 2 fully saturated rings. The van der Waals surface area contributed by atoms with Gasteiger partial charge in [0, 0.05) is 24.8 Å². The normalized spacial score (nSPS) is 34.3. The van der Waals surface area contributed by atoms with Gasteiger partial charge in [-0.25, -0.2) is 4.39 Å². The third kappa shape index (κ3) is 1.87.